The monoisotopic (exact) mass is 293 g/mol. The van der Waals surface area contributed by atoms with Crippen molar-refractivity contribution in [3.63, 3.8) is 0 Å². The molecule has 0 atom stereocenters. The Labute approximate surface area is 130 Å². The molecule has 0 N–H and O–H groups in total. The maximum atomic E-state index is 12.0. The first kappa shape index (κ1) is 14.5. The second kappa shape index (κ2) is 5.41. The summed E-state index contributed by atoms with van der Waals surface area (Å²) in [5, 5.41) is 0. The van der Waals surface area contributed by atoms with Crippen LogP contribution in [0.15, 0.2) is 53.5 Å². The van der Waals surface area contributed by atoms with Crippen LogP contribution in [-0.4, -0.2) is 11.7 Å². The molecule has 1 aliphatic rings. The van der Waals surface area contributed by atoms with E-state index in [2.05, 4.69) is 31.8 Å². The van der Waals surface area contributed by atoms with Crippen molar-refractivity contribution in [1.29, 1.82) is 0 Å². The summed E-state index contributed by atoms with van der Waals surface area (Å²) in [5.41, 5.74) is 4.82. The van der Waals surface area contributed by atoms with Crippen LogP contribution in [0.5, 0.6) is 0 Å². The quantitative estimate of drug-likeness (QED) is 0.785. The van der Waals surface area contributed by atoms with Gasteiger partial charge < -0.3 is 4.74 Å². The SMILES string of the molecule is CC1=Nc2ccc(COC(=O)c3ccccc3)cc2C1(C)C. The van der Waals surface area contributed by atoms with Crippen molar-refractivity contribution in [3.8, 4) is 0 Å². The molecule has 0 spiro atoms. The third-order valence-electron chi connectivity index (χ3n) is 4.31. The molecule has 0 saturated heterocycles. The predicted octanol–water partition coefficient (Wildman–Crippen LogP) is 4.43. The fourth-order valence-corrected chi connectivity index (χ4v) is 2.59. The van der Waals surface area contributed by atoms with Crippen LogP contribution in [0.1, 0.15) is 42.3 Å². The van der Waals surface area contributed by atoms with Gasteiger partial charge >= 0.3 is 5.97 Å². The molecule has 0 saturated carbocycles. The molecule has 3 rings (SSSR count). The summed E-state index contributed by atoms with van der Waals surface area (Å²) >= 11 is 0. The molecule has 0 fully saturated rings. The molecule has 22 heavy (non-hydrogen) atoms. The van der Waals surface area contributed by atoms with Gasteiger partial charge in [0.2, 0.25) is 0 Å². The van der Waals surface area contributed by atoms with E-state index in [4.69, 9.17) is 4.74 Å². The van der Waals surface area contributed by atoms with Gasteiger partial charge in [-0.05, 0) is 42.3 Å². The van der Waals surface area contributed by atoms with E-state index < -0.39 is 0 Å². The number of aliphatic imine (C=N–C) groups is 1. The van der Waals surface area contributed by atoms with Crippen LogP contribution in [0.4, 0.5) is 5.69 Å². The Balaban J connectivity index is 1.74. The summed E-state index contributed by atoms with van der Waals surface area (Å²) in [4.78, 5) is 16.6. The van der Waals surface area contributed by atoms with Crippen LogP contribution in [-0.2, 0) is 16.8 Å². The third kappa shape index (κ3) is 2.54. The van der Waals surface area contributed by atoms with Gasteiger partial charge in [0.25, 0.3) is 0 Å². The number of ether oxygens (including phenoxy) is 1. The summed E-state index contributed by atoms with van der Waals surface area (Å²) in [5.74, 6) is -0.298. The van der Waals surface area contributed by atoms with E-state index >= 15 is 0 Å². The van der Waals surface area contributed by atoms with Crippen LogP contribution >= 0.6 is 0 Å². The minimum Gasteiger partial charge on any atom is -0.457 e. The fraction of sp³-hybridized carbons (Fsp3) is 0.263. The van der Waals surface area contributed by atoms with Crippen molar-refractivity contribution in [2.75, 3.05) is 0 Å². The molecular formula is C19H19NO2. The average Bonchev–Trinajstić information content (AvgIpc) is 2.75. The lowest BCUT2D eigenvalue weighted by atomic mass is 9.82. The summed E-state index contributed by atoms with van der Waals surface area (Å²) in [6.45, 7) is 6.65. The number of carbonyl (C=O) groups is 1. The van der Waals surface area contributed by atoms with E-state index in [1.165, 1.54) is 5.56 Å². The van der Waals surface area contributed by atoms with Gasteiger partial charge in [-0.1, -0.05) is 38.1 Å². The number of hydrogen-bond donors (Lipinski definition) is 0. The Morgan fingerprint density at radius 2 is 1.86 bits per heavy atom. The van der Waals surface area contributed by atoms with Gasteiger partial charge in [-0.15, -0.1) is 0 Å². The van der Waals surface area contributed by atoms with E-state index in [0.717, 1.165) is 17.0 Å². The summed E-state index contributed by atoms with van der Waals surface area (Å²) in [7, 11) is 0. The minimum atomic E-state index is -0.298. The van der Waals surface area contributed by atoms with Gasteiger partial charge in [-0.3, -0.25) is 4.99 Å². The standard InChI is InChI=1S/C19H19NO2/c1-13-19(2,3)16-11-14(9-10-17(16)20-13)12-22-18(21)15-7-5-4-6-8-15/h4-11H,12H2,1-3H3. The lowest BCUT2D eigenvalue weighted by Crippen LogP contribution is -2.22. The zero-order valence-electron chi connectivity index (χ0n) is 13.1. The van der Waals surface area contributed by atoms with E-state index in [9.17, 15) is 4.79 Å². The number of carbonyl (C=O) groups excluding carboxylic acids is 1. The fourth-order valence-electron chi connectivity index (χ4n) is 2.59. The summed E-state index contributed by atoms with van der Waals surface area (Å²) < 4.78 is 5.39. The second-order valence-electron chi connectivity index (χ2n) is 6.12. The van der Waals surface area contributed by atoms with Gasteiger partial charge in [0, 0.05) is 11.1 Å². The third-order valence-corrected chi connectivity index (χ3v) is 4.31. The van der Waals surface area contributed by atoms with Crippen molar-refractivity contribution in [1.82, 2.24) is 0 Å². The smallest absolute Gasteiger partial charge is 0.338 e. The normalized spacial score (nSPS) is 15.1. The molecule has 0 aliphatic carbocycles. The molecule has 1 aliphatic heterocycles. The Hall–Kier alpha value is -2.42. The lowest BCUT2D eigenvalue weighted by molar-refractivity contribution is 0.0472. The first-order valence-electron chi connectivity index (χ1n) is 7.40. The molecule has 3 heteroatoms. The van der Waals surface area contributed by atoms with E-state index in [1.54, 1.807) is 12.1 Å². The summed E-state index contributed by atoms with van der Waals surface area (Å²) in [6.07, 6.45) is 0. The lowest BCUT2D eigenvalue weighted by Gasteiger charge is -2.20. The van der Waals surface area contributed by atoms with Gasteiger partial charge in [0.15, 0.2) is 0 Å². The average molecular weight is 293 g/mol. The zero-order chi connectivity index (χ0) is 15.7. The summed E-state index contributed by atoms with van der Waals surface area (Å²) in [6, 6.07) is 15.1. The zero-order valence-corrected chi connectivity index (χ0v) is 13.1. The van der Waals surface area contributed by atoms with Crippen LogP contribution in [0.25, 0.3) is 0 Å². The highest BCUT2D eigenvalue weighted by molar-refractivity contribution is 5.99. The molecule has 3 nitrogen and oxygen atoms in total. The van der Waals surface area contributed by atoms with Crippen molar-refractivity contribution in [2.45, 2.75) is 32.8 Å². The molecule has 0 radical (unpaired) electrons. The maximum Gasteiger partial charge on any atom is 0.338 e. The first-order chi connectivity index (χ1) is 10.5. The molecule has 0 aromatic heterocycles. The van der Waals surface area contributed by atoms with Crippen LogP contribution < -0.4 is 0 Å². The van der Waals surface area contributed by atoms with Crippen LogP contribution in [0.2, 0.25) is 0 Å². The maximum absolute atomic E-state index is 12.0. The van der Waals surface area contributed by atoms with E-state index in [0.29, 0.717) is 5.56 Å². The molecule has 0 amide bonds. The van der Waals surface area contributed by atoms with Crippen molar-refractivity contribution < 1.29 is 9.53 Å². The van der Waals surface area contributed by atoms with Crippen LogP contribution in [0.3, 0.4) is 0 Å². The molecule has 1 heterocycles. The van der Waals surface area contributed by atoms with Gasteiger partial charge in [-0.25, -0.2) is 4.79 Å². The second-order valence-corrected chi connectivity index (χ2v) is 6.12. The number of nitrogens with zero attached hydrogens (tertiary/aromatic N) is 1. The number of fused-ring (bicyclic) bond motifs is 1. The van der Waals surface area contributed by atoms with Crippen molar-refractivity contribution in [3.05, 3.63) is 65.2 Å². The van der Waals surface area contributed by atoms with Gasteiger partial charge in [-0.2, -0.15) is 0 Å². The Bertz CT molecular complexity index is 745. The van der Waals surface area contributed by atoms with Gasteiger partial charge in [0.1, 0.15) is 6.61 Å². The number of benzene rings is 2. The Morgan fingerprint density at radius 1 is 1.14 bits per heavy atom. The highest BCUT2D eigenvalue weighted by Gasteiger charge is 2.32. The Kier molecular flexibility index (Phi) is 3.57. The van der Waals surface area contributed by atoms with Gasteiger partial charge in [0.05, 0.1) is 11.3 Å². The first-order valence-corrected chi connectivity index (χ1v) is 7.40. The molecular weight excluding hydrogens is 274 g/mol. The Morgan fingerprint density at radius 3 is 2.59 bits per heavy atom. The predicted molar refractivity (Wildman–Crippen MR) is 87.8 cm³/mol. The molecule has 0 unspecified atom stereocenters. The van der Waals surface area contributed by atoms with Crippen LogP contribution in [0, 0.1) is 0 Å². The highest BCUT2D eigenvalue weighted by atomic mass is 16.5. The van der Waals surface area contributed by atoms with Crippen molar-refractivity contribution >= 4 is 17.4 Å². The number of esters is 1. The van der Waals surface area contributed by atoms with Crippen molar-refractivity contribution in [2.24, 2.45) is 4.99 Å². The number of hydrogen-bond acceptors (Lipinski definition) is 3. The number of rotatable bonds is 3. The molecule has 112 valence electrons. The highest BCUT2D eigenvalue weighted by Crippen LogP contribution is 2.40. The molecule has 0 bridgehead atoms. The van der Waals surface area contributed by atoms with E-state index in [1.807, 2.05) is 30.3 Å². The van der Waals surface area contributed by atoms with E-state index in [-0.39, 0.29) is 18.0 Å². The largest absolute Gasteiger partial charge is 0.457 e. The minimum absolute atomic E-state index is 0.0607. The molecule has 2 aromatic rings. The topological polar surface area (TPSA) is 38.7 Å². The molecule has 2 aromatic carbocycles.